The van der Waals surface area contributed by atoms with Gasteiger partial charge in [-0.2, -0.15) is 0 Å². The predicted molar refractivity (Wildman–Crippen MR) is 144 cm³/mol. The van der Waals surface area contributed by atoms with Crippen LogP contribution in [0.15, 0.2) is 54.6 Å². The first-order valence-corrected chi connectivity index (χ1v) is 12.2. The number of hydrogen-bond acceptors (Lipinski definition) is 7. The highest BCUT2D eigenvalue weighted by Crippen LogP contribution is 2.35. The molecule has 11 heteroatoms. The summed E-state index contributed by atoms with van der Waals surface area (Å²) in [5, 5.41) is 29.6. The van der Waals surface area contributed by atoms with Crippen LogP contribution in [-0.2, 0) is 29.3 Å². The summed E-state index contributed by atoms with van der Waals surface area (Å²) in [6.45, 7) is 10.8. The third-order valence-corrected chi connectivity index (χ3v) is 5.95. The molecule has 0 spiro atoms. The fourth-order valence-electron chi connectivity index (χ4n) is 3.89. The number of ether oxygens (including phenoxy) is 1. The smallest absolute Gasteiger partial charge is 0.414 e. The van der Waals surface area contributed by atoms with E-state index in [1.807, 2.05) is 0 Å². The Morgan fingerprint density at radius 3 is 1.79 bits per heavy atom. The Bertz CT molecular complexity index is 1050. The van der Waals surface area contributed by atoms with E-state index in [-0.39, 0.29) is 11.5 Å². The molecular formula is C28H38N2O9. The molecule has 0 aliphatic carbocycles. The molecule has 2 aromatic rings. The van der Waals surface area contributed by atoms with Crippen molar-refractivity contribution < 1.29 is 44.3 Å². The first kappa shape index (κ1) is 33.2. The second-order valence-corrected chi connectivity index (χ2v) is 10.1. The Morgan fingerprint density at radius 1 is 0.821 bits per heavy atom. The molecule has 0 radical (unpaired) electrons. The Labute approximate surface area is 228 Å². The highest BCUT2D eigenvalue weighted by atomic mass is 16.5. The van der Waals surface area contributed by atoms with Gasteiger partial charge in [-0.05, 0) is 36.2 Å². The normalized spacial score (nSPS) is 16.5. The number of carbonyl (C=O) groups is 4. The average molecular weight is 547 g/mol. The van der Waals surface area contributed by atoms with Crippen molar-refractivity contribution in [3.05, 3.63) is 71.3 Å². The topological polar surface area (TPSA) is 165 Å². The van der Waals surface area contributed by atoms with Gasteiger partial charge in [0.15, 0.2) is 0 Å². The predicted octanol–water partition coefficient (Wildman–Crippen LogP) is 2.65. The lowest BCUT2D eigenvalue weighted by Crippen LogP contribution is -2.52. The van der Waals surface area contributed by atoms with Crippen LogP contribution in [-0.4, -0.2) is 100 Å². The van der Waals surface area contributed by atoms with Gasteiger partial charge in [-0.25, -0.2) is 19.2 Å². The summed E-state index contributed by atoms with van der Waals surface area (Å²) in [4.78, 5) is 41.2. The number of likely N-dealkylation sites (N-methyl/N-ethyl adjacent to an activating group) is 2. The van der Waals surface area contributed by atoms with E-state index in [0.717, 1.165) is 26.2 Å². The lowest BCUT2D eigenvalue weighted by atomic mass is 9.81. The van der Waals surface area contributed by atoms with Crippen LogP contribution in [0.3, 0.4) is 0 Å². The third-order valence-electron chi connectivity index (χ3n) is 5.95. The first-order valence-electron chi connectivity index (χ1n) is 12.2. The van der Waals surface area contributed by atoms with Gasteiger partial charge in [-0.1, -0.05) is 75.4 Å². The molecule has 2 unspecified atom stereocenters. The second kappa shape index (κ2) is 15.6. The number of hydrogen-bond donors (Lipinski definition) is 4. The molecule has 1 heterocycles. The summed E-state index contributed by atoms with van der Waals surface area (Å²) in [6, 6.07) is 19.8. The molecule has 3 rings (SSSR count). The molecule has 1 saturated heterocycles. The zero-order valence-corrected chi connectivity index (χ0v) is 22.9. The molecule has 2 aromatic carbocycles. The number of nitrogens with zero attached hydrogens (tertiary/aromatic N) is 2. The molecule has 0 aromatic heterocycles. The summed E-state index contributed by atoms with van der Waals surface area (Å²) in [7, 11) is 4.41. The standard InChI is InChI=1S/C24H34N2O.2C2H2O4/c1-24(2,3)22-14-10-9-13-21(22)23(19-11-7-6-8-12-19)27-18-20-17-25(4)15-16-26(20)5;2*3-1(4)2(5)6/h6-14,20,23H,15-18H2,1-5H3;2*(H,3,4)(H,5,6). The summed E-state index contributed by atoms with van der Waals surface area (Å²) in [5.74, 6) is -7.30. The van der Waals surface area contributed by atoms with E-state index in [0.29, 0.717) is 6.04 Å². The van der Waals surface area contributed by atoms with Crippen molar-refractivity contribution in [3.8, 4) is 0 Å². The third kappa shape index (κ3) is 11.6. The van der Waals surface area contributed by atoms with Crippen LogP contribution in [0.2, 0.25) is 0 Å². The summed E-state index contributed by atoms with van der Waals surface area (Å²) < 4.78 is 6.64. The highest BCUT2D eigenvalue weighted by Gasteiger charge is 2.27. The van der Waals surface area contributed by atoms with Crippen molar-refractivity contribution in [1.82, 2.24) is 9.80 Å². The van der Waals surface area contributed by atoms with E-state index < -0.39 is 23.9 Å². The van der Waals surface area contributed by atoms with Crippen molar-refractivity contribution in [2.75, 3.05) is 40.3 Å². The maximum atomic E-state index is 9.10. The van der Waals surface area contributed by atoms with Crippen molar-refractivity contribution in [1.29, 1.82) is 0 Å². The quantitative estimate of drug-likeness (QED) is 0.407. The van der Waals surface area contributed by atoms with Crippen LogP contribution in [0.5, 0.6) is 0 Å². The van der Waals surface area contributed by atoms with E-state index in [1.165, 1.54) is 16.7 Å². The zero-order valence-electron chi connectivity index (χ0n) is 22.9. The van der Waals surface area contributed by atoms with Crippen molar-refractivity contribution >= 4 is 23.9 Å². The van der Waals surface area contributed by atoms with Gasteiger partial charge in [-0.15, -0.1) is 0 Å². The lowest BCUT2D eigenvalue weighted by molar-refractivity contribution is -0.159. The Balaban J connectivity index is 0.000000530. The van der Waals surface area contributed by atoms with Gasteiger partial charge in [0.25, 0.3) is 0 Å². The second-order valence-electron chi connectivity index (χ2n) is 10.1. The first-order chi connectivity index (χ1) is 18.1. The number of aliphatic carboxylic acids is 4. The average Bonchev–Trinajstić information content (AvgIpc) is 2.87. The Kier molecular flexibility index (Phi) is 13.3. The molecule has 1 aliphatic rings. The molecule has 0 saturated carbocycles. The molecule has 39 heavy (non-hydrogen) atoms. The summed E-state index contributed by atoms with van der Waals surface area (Å²) in [5.41, 5.74) is 3.94. The van der Waals surface area contributed by atoms with E-state index in [1.54, 1.807) is 0 Å². The molecule has 11 nitrogen and oxygen atoms in total. The van der Waals surface area contributed by atoms with Gasteiger partial charge >= 0.3 is 23.9 Å². The van der Waals surface area contributed by atoms with E-state index in [4.69, 9.17) is 44.3 Å². The van der Waals surface area contributed by atoms with Gasteiger partial charge in [0.2, 0.25) is 0 Å². The van der Waals surface area contributed by atoms with Crippen LogP contribution in [0.1, 0.15) is 43.6 Å². The van der Waals surface area contributed by atoms with Gasteiger partial charge in [0, 0.05) is 25.7 Å². The van der Waals surface area contributed by atoms with Crippen LogP contribution in [0.4, 0.5) is 0 Å². The molecule has 0 bridgehead atoms. The molecular weight excluding hydrogens is 508 g/mol. The van der Waals surface area contributed by atoms with E-state index >= 15 is 0 Å². The maximum Gasteiger partial charge on any atom is 0.414 e. The zero-order chi connectivity index (χ0) is 29.8. The SMILES string of the molecule is CN1CCN(C)C(COC(c2ccccc2)c2ccccc2C(C)(C)C)C1.O=C(O)C(=O)O.O=C(O)C(=O)O. The Hall–Kier alpha value is -3.80. The summed E-state index contributed by atoms with van der Waals surface area (Å²) >= 11 is 0. The molecule has 0 amide bonds. The number of piperazine rings is 1. The van der Waals surface area contributed by atoms with Crippen LogP contribution >= 0.6 is 0 Å². The summed E-state index contributed by atoms with van der Waals surface area (Å²) in [6.07, 6.45) is -0.0396. The minimum absolute atomic E-state index is 0.0396. The van der Waals surface area contributed by atoms with Crippen molar-refractivity contribution in [2.45, 2.75) is 38.3 Å². The van der Waals surface area contributed by atoms with Crippen LogP contribution < -0.4 is 0 Å². The van der Waals surface area contributed by atoms with Crippen molar-refractivity contribution in [2.24, 2.45) is 0 Å². The fraction of sp³-hybridized carbons (Fsp3) is 0.429. The van der Waals surface area contributed by atoms with Gasteiger partial charge in [0.1, 0.15) is 6.10 Å². The molecule has 2 atom stereocenters. The minimum Gasteiger partial charge on any atom is -0.473 e. The number of benzene rings is 2. The molecule has 4 N–H and O–H groups in total. The molecule has 1 fully saturated rings. The van der Waals surface area contributed by atoms with E-state index in [9.17, 15) is 0 Å². The van der Waals surface area contributed by atoms with E-state index in [2.05, 4.69) is 99.3 Å². The number of carboxylic acid groups (broad SMARTS) is 4. The fourth-order valence-corrected chi connectivity index (χ4v) is 3.89. The van der Waals surface area contributed by atoms with Gasteiger partial charge in [0.05, 0.1) is 6.61 Å². The number of carboxylic acids is 4. The van der Waals surface area contributed by atoms with Gasteiger partial charge < -0.3 is 30.1 Å². The minimum atomic E-state index is -1.82. The van der Waals surface area contributed by atoms with Gasteiger partial charge in [-0.3, -0.25) is 4.90 Å². The largest absolute Gasteiger partial charge is 0.473 e. The van der Waals surface area contributed by atoms with Crippen LogP contribution in [0, 0.1) is 0 Å². The highest BCUT2D eigenvalue weighted by molar-refractivity contribution is 6.27. The lowest BCUT2D eigenvalue weighted by Gasteiger charge is -2.38. The number of rotatable bonds is 5. The maximum absolute atomic E-state index is 9.10. The molecule has 214 valence electrons. The molecule has 1 aliphatic heterocycles. The van der Waals surface area contributed by atoms with Crippen molar-refractivity contribution in [3.63, 3.8) is 0 Å². The monoisotopic (exact) mass is 546 g/mol. The van der Waals surface area contributed by atoms with Crippen LogP contribution in [0.25, 0.3) is 0 Å². The Morgan fingerprint density at radius 2 is 1.31 bits per heavy atom.